The predicted octanol–water partition coefficient (Wildman–Crippen LogP) is 3.18. The number of para-hydroxylation sites is 1. The van der Waals surface area contributed by atoms with Crippen LogP contribution in [-0.4, -0.2) is 42.0 Å². The van der Waals surface area contributed by atoms with E-state index in [0.717, 1.165) is 30.9 Å². The Labute approximate surface area is 135 Å². The van der Waals surface area contributed by atoms with E-state index in [1.54, 1.807) is 0 Å². The molecule has 0 radical (unpaired) electrons. The fourth-order valence-corrected chi connectivity index (χ4v) is 2.68. The molecule has 0 bridgehead atoms. The maximum Gasteiger partial charge on any atom is 0.321 e. The summed E-state index contributed by atoms with van der Waals surface area (Å²) in [6, 6.07) is 16.0. The molecule has 1 N–H and O–H groups in total. The fourth-order valence-electron chi connectivity index (χ4n) is 2.68. The summed E-state index contributed by atoms with van der Waals surface area (Å²) in [5.41, 5.74) is 1.90. The third-order valence-electron chi connectivity index (χ3n) is 4.00. The highest BCUT2D eigenvalue weighted by Gasteiger charge is 2.21. The lowest BCUT2D eigenvalue weighted by Gasteiger charge is -2.34. The van der Waals surface area contributed by atoms with Crippen molar-refractivity contribution in [3.05, 3.63) is 66.0 Å². The van der Waals surface area contributed by atoms with Crippen LogP contribution in [0.3, 0.4) is 0 Å². The maximum absolute atomic E-state index is 12.9. The van der Waals surface area contributed by atoms with Gasteiger partial charge in [0.05, 0.1) is 0 Å². The number of halogens is 1. The molecule has 2 aromatic rings. The van der Waals surface area contributed by atoms with E-state index >= 15 is 0 Å². The first kappa shape index (κ1) is 15.5. The second-order valence-corrected chi connectivity index (χ2v) is 5.69. The number of hydrogen-bond acceptors (Lipinski definition) is 2. The molecule has 0 atom stereocenters. The largest absolute Gasteiger partial charge is 0.322 e. The number of carbonyl (C=O) groups excluding carboxylic acids is 1. The Balaban J connectivity index is 1.48. The molecule has 3 rings (SSSR count). The lowest BCUT2D eigenvalue weighted by Crippen LogP contribution is -2.49. The molecule has 0 aliphatic carbocycles. The summed E-state index contributed by atoms with van der Waals surface area (Å²) in [5, 5.41) is 2.91. The normalized spacial score (nSPS) is 15.4. The average Bonchev–Trinajstić information content (AvgIpc) is 2.58. The van der Waals surface area contributed by atoms with Crippen LogP contribution in [0.2, 0.25) is 0 Å². The van der Waals surface area contributed by atoms with Crippen molar-refractivity contribution in [1.82, 2.24) is 9.80 Å². The van der Waals surface area contributed by atoms with E-state index in [-0.39, 0.29) is 11.8 Å². The van der Waals surface area contributed by atoms with Crippen molar-refractivity contribution in [2.24, 2.45) is 0 Å². The molecule has 1 aliphatic rings. The Bertz CT molecular complexity index is 637. The third kappa shape index (κ3) is 4.29. The number of rotatable bonds is 3. The summed E-state index contributed by atoms with van der Waals surface area (Å²) in [5.74, 6) is -0.212. The van der Waals surface area contributed by atoms with E-state index in [1.165, 1.54) is 12.1 Å². The highest BCUT2D eigenvalue weighted by molar-refractivity contribution is 5.89. The van der Waals surface area contributed by atoms with E-state index in [1.807, 2.05) is 47.4 Å². The lowest BCUT2D eigenvalue weighted by atomic mass is 10.2. The van der Waals surface area contributed by atoms with Gasteiger partial charge in [0, 0.05) is 38.4 Å². The van der Waals surface area contributed by atoms with Gasteiger partial charge < -0.3 is 10.2 Å². The molecular weight excluding hydrogens is 293 g/mol. The molecule has 120 valence electrons. The van der Waals surface area contributed by atoms with Crippen LogP contribution in [0.25, 0.3) is 0 Å². The summed E-state index contributed by atoms with van der Waals surface area (Å²) < 4.78 is 12.9. The van der Waals surface area contributed by atoms with Crippen LogP contribution in [0.15, 0.2) is 54.6 Å². The highest BCUT2D eigenvalue weighted by Crippen LogP contribution is 2.11. The van der Waals surface area contributed by atoms with E-state index in [2.05, 4.69) is 10.2 Å². The van der Waals surface area contributed by atoms with Gasteiger partial charge in [-0.05, 0) is 29.8 Å². The second-order valence-electron chi connectivity index (χ2n) is 5.69. The molecule has 23 heavy (non-hydrogen) atoms. The minimum atomic E-state index is -0.212. The van der Waals surface area contributed by atoms with Gasteiger partial charge in [0.25, 0.3) is 0 Å². The number of nitrogens with one attached hydrogen (secondary N) is 1. The summed E-state index contributed by atoms with van der Waals surface area (Å²) in [6.07, 6.45) is 0. The van der Waals surface area contributed by atoms with Gasteiger partial charge >= 0.3 is 6.03 Å². The summed E-state index contributed by atoms with van der Waals surface area (Å²) in [6.45, 7) is 3.81. The van der Waals surface area contributed by atoms with Crippen LogP contribution < -0.4 is 5.32 Å². The Morgan fingerprint density at radius 1 is 0.957 bits per heavy atom. The molecule has 4 nitrogen and oxygen atoms in total. The Morgan fingerprint density at radius 3 is 2.26 bits per heavy atom. The number of amides is 2. The van der Waals surface area contributed by atoms with Crippen molar-refractivity contribution in [2.45, 2.75) is 6.54 Å². The van der Waals surface area contributed by atoms with Gasteiger partial charge in [0.2, 0.25) is 0 Å². The van der Waals surface area contributed by atoms with Gasteiger partial charge in [0.1, 0.15) is 5.82 Å². The molecule has 2 amide bonds. The molecule has 1 saturated heterocycles. The summed E-state index contributed by atoms with van der Waals surface area (Å²) in [7, 11) is 0. The molecule has 0 saturated carbocycles. The molecule has 0 aromatic heterocycles. The van der Waals surface area contributed by atoms with E-state index in [0.29, 0.717) is 13.1 Å². The smallest absolute Gasteiger partial charge is 0.321 e. The first-order valence-electron chi connectivity index (χ1n) is 7.78. The Kier molecular flexibility index (Phi) is 4.88. The van der Waals surface area contributed by atoms with Gasteiger partial charge in [-0.15, -0.1) is 0 Å². The Hall–Kier alpha value is -2.40. The van der Waals surface area contributed by atoms with Gasteiger partial charge in [-0.25, -0.2) is 9.18 Å². The third-order valence-corrected chi connectivity index (χ3v) is 4.00. The van der Waals surface area contributed by atoms with Crippen LogP contribution in [0.5, 0.6) is 0 Å². The number of hydrogen-bond donors (Lipinski definition) is 1. The molecule has 1 aliphatic heterocycles. The number of nitrogens with zero attached hydrogens (tertiary/aromatic N) is 2. The van der Waals surface area contributed by atoms with Crippen molar-refractivity contribution < 1.29 is 9.18 Å². The van der Waals surface area contributed by atoms with E-state index < -0.39 is 0 Å². The number of carbonyl (C=O) groups is 1. The topological polar surface area (TPSA) is 35.6 Å². The fraction of sp³-hybridized carbons (Fsp3) is 0.278. The number of anilines is 1. The minimum absolute atomic E-state index is 0.0577. The number of piperazine rings is 1. The zero-order valence-corrected chi connectivity index (χ0v) is 12.9. The standard InChI is InChI=1S/C18H20FN3O/c19-16-8-6-15(7-9-16)14-21-10-12-22(13-11-21)18(23)20-17-4-2-1-3-5-17/h1-9H,10-14H2,(H,20,23). The molecule has 2 aromatic carbocycles. The van der Waals surface area contributed by atoms with Crippen LogP contribution in [0, 0.1) is 5.82 Å². The van der Waals surface area contributed by atoms with Crippen molar-refractivity contribution in [2.75, 3.05) is 31.5 Å². The molecule has 1 fully saturated rings. The molecule has 5 heteroatoms. The zero-order valence-electron chi connectivity index (χ0n) is 12.9. The summed E-state index contributed by atoms with van der Waals surface area (Å²) in [4.78, 5) is 16.3. The van der Waals surface area contributed by atoms with Gasteiger partial charge in [-0.3, -0.25) is 4.90 Å². The van der Waals surface area contributed by atoms with Crippen molar-refractivity contribution >= 4 is 11.7 Å². The molecule has 0 unspecified atom stereocenters. The number of urea groups is 1. The van der Waals surface area contributed by atoms with Crippen LogP contribution in [0.4, 0.5) is 14.9 Å². The van der Waals surface area contributed by atoms with Crippen LogP contribution in [0.1, 0.15) is 5.56 Å². The second kappa shape index (κ2) is 7.24. The van der Waals surface area contributed by atoms with E-state index in [9.17, 15) is 9.18 Å². The van der Waals surface area contributed by atoms with Crippen molar-refractivity contribution in [3.8, 4) is 0 Å². The van der Waals surface area contributed by atoms with Gasteiger partial charge in [-0.1, -0.05) is 30.3 Å². The number of benzene rings is 2. The molecule has 1 heterocycles. The molecular formula is C18H20FN3O. The van der Waals surface area contributed by atoms with Crippen LogP contribution in [-0.2, 0) is 6.54 Å². The lowest BCUT2D eigenvalue weighted by molar-refractivity contribution is 0.143. The quantitative estimate of drug-likeness (QED) is 0.944. The molecule has 0 spiro atoms. The maximum atomic E-state index is 12.9. The predicted molar refractivity (Wildman–Crippen MR) is 88.7 cm³/mol. The van der Waals surface area contributed by atoms with Crippen molar-refractivity contribution in [1.29, 1.82) is 0 Å². The van der Waals surface area contributed by atoms with Gasteiger partial charge in [0.15, 0.2) is 0 Å². The van der Waals surface area contributed by atoms with Crippen molar-refractivity contribution in [3.63, 3.8) is 0 Å². The van der Waals surface area contributed by atoms with E-state index in [4.69, 9.17) is 0 Å². The minimum Gasteiger partial charge on any atom is -0.322 e. The first-order chi connectivity index (χ1) is 11.2. The highest BCUT2D eigenvalue weighted by atomic mass is 19.1. The SMILES string of the molecule is O=C(Nc1ccccc1)N1CCN(Cc2ccc(F)cc2)CC1. The summed E-state index contributed by atoms with van der Waals surface area (Å²) >= 11 is 0. The zero-order chi connectivity index (χ0) is 16.1. The van der Waals surface area contributed by atoms with Crippen LogP contribution >= 0.6 is 0 Å². The Morgan fingerprint density at radius 2 is 1.61 bits per heavy atom. The average molecular weight is 313 g/mol. The van der Waals surface area contributed by atoms with Gasteiger partial charge in [-0.2, -0.15) is 0 Å². The monoisotopic (exact) mass is 313 g/mol. The first-order valence-corrected chi connectivity index (χ1v) is 7.78.